The van der Waals surface area contributed by atoms with Gasteiger partial charge in [-0.05, 0) is 64.2 Å². The molecule has 0 amide bonds. The summed E-state index contributed by atoms with van der Waals surface area (Å²) in [5.41, 5.74) is 1.15. The van der Waals surface area contributed by atoms with Crippen LogP contribution in [-0.4, -0.2) is 4.21 Å². The highest BCUT2D eigenvalue weighted by atomic mass is 127. The standard InChI is InChI=1S/C7H9NOS.C6F4I2/c1-6-2-4-7(5-3-6)10(8)9;7-1-2(8)6(12)4(10)3(9)5(1)11/h2-5H,8H2,1H3;/t10-;/m0./s1. The van der Waals surface area contributed by atoms with Crippen molar-refractivity contribution in [2.24, 2.45) is 5.14 Å². The molecule has 0 aromatic heterocycles. The largest absolute Gasteiger partial charge is 0.248 e. The van der Waals surface area contributed by atoms with Gasteiger partial charge in [0.2, 0.25) is 0 Å². The number of aryl methyl sites for hydroxylation is 1. The lowest BCUT2D eigenvalue weighted by atomic mass is 10.2. The van der Waals surface area contributed by atoms with Crippen LogP contribution in [0.2, 0.25) is 0 Å². The summed E-state index contributed by atoms with van der Waals surface area (Å²) in [6, 6.07) is 7.32. The normalized spacial score (nSPS) is 11.6. The molecule has 0 fully saturated rings. The molecular weight excluding hydrogens is 548 g/mol. The molecule has 0 heterocycles. The van der Waals surface area contributed by atoms with Gasteiger partial charge in [0.15, 0.2) is 23.3 Å². The lowest BCUT2D eigenvalue weighted by Gasteiger charge is -2.02. The minimum atomic E-state index is -1.35. The Labute approximate surface area is 154 Å². The number of benzene rings is 2. The Balaban J connectivity index is 0.000000224. The molecule has 0 aliphatic carbocycles. The van der Waals surface area contributed by atoms with Crippen LogP contribution in [0, 0.1) is 37.3 Å². The summed E-state index contributed by atoms with van der Waals surface area (Å²) in [5.74, 6) is -5.39. The number of hydrogen-bond acceptors (Lipinski definition) is 1. The van der Waals surface area contributed by atoms with E-state index in [9.17, 15) is 21.8 Å². The van der Waals surface area contributed by atoms with Crippen molar-refractivity contribution in [2.75, 3.05) is 0 Å². The molecule has 0 aliphatic rings. The van der Waals surface area contributed by atoms with E-state index in [-0.39, 0.29) is 0 Å². The average molecular weight is 557 g/mol. The van der Waals surface area contributed by atoms with E-state index in [1.54, 1.807) is 12.1 Å². The Hall–Kier alpha value is -0.270. The smallest absolute Gasteiger partial charge is 0.176 e. The van der Waals surface area contributed by atoms with E-state index in [4.69, 9.17) is 5.14 Å². The minimum Gasteiger partial charge on any atom is -0.248 e. The predicted molar refractivity (Wildman–Crippen MR) is 93.5 cm³/mol. The molecule has 120 valence electrons. The first-order valence-electron chi connectivity index (χ1n) is 5.56. The maximum atomic E-state index is 12.6. The molecular formula is C13H9F4I2NOS. The molecule has 2 rings (SSSR count). The molecule has 0 spiro atoms. The van der Waals surface area contributed by atoms with E-state index in [1.807, 2.05) is 19.1 Å². The van der Waals surface area contributed by atoms with Crippen molar-refractivity contribution in [3.63, 3.8) is 0 Å². The van der Waals surface area contributed by atoms with Crippen LogP contribution in [0.1, 0.15) is 5.56 Å². The second-order valence-electron chi connectivity index (χ2n) is 3.99. The lowest BCUT2D eigenvalue weighted by Crippen LogP contribution is -2.02. The van der Waals surface area contributed by atoms with E-state index < -0.39 is 41.4 Å². The van der Waals surface area contributed by atoms with Gasteiger partial charge in [0.1, 0.15) is 11.0 Å². The molecule has 0 bridgehead atoms. The highest BCUT2D eigenvalue weighted by Crippen LogP contribution is 2.25. The zero-order chi connectivity index (χ0) is 17.0. The van der Waals surface area contributed by atoms with Crippen molar-refractivity contribution in [3.8, 4) is 0 Å². The summed E-state index contributed by atoms with van der Waals surface area (Å²) in [6.45, 7) is 1.98. The lowest BCUT2D eigenvalue weighted by molar-refractivity contribution is 0.437. The number of nitrogens with two attached hydrogens (primary N) is 1. The Morgan fingerprint density at radius 3 is 1.45 bits per heavy atom. The van der Waals surface area contributed by atoms with Crippen molar-refractivity contribution < 1.29 is 21.8 Å². The van der Waals surface area contributed by atoms with Crippen molar-refractivity contribution >= 4 is 56.2 Å². The van der Waals surface area contributed by atoms with Gasteiger partial charge in [-0.3, -0.25) is 0 Å². The van der Waals surface area contributed by atoms with Gasteiger partial charge < -0.3 is 0 Å². The van der Waals surface area contributed by atoms with Gasteiger partial charge in [0.25, 0.3) is 0 Å². The maximum absolute atomic E-state index is 12.6. The Morgan fingerprint density at radius 1 is 0.864 bits per heavy atom. The van der Waals surface area contributed by atoms with Gasteiger partial charge in [0, 0.05) is 0 Å². The van der Waals surface area contributed by atoms with Crippen LogP contribution in [0.15, 0.2) is 29.2 Å². The zero-order valence-corrected chi connectivity index (χ0v) is 16.1. The molecule has 22 heavy (non-hydrogen) atoms. The van der Waals surface area contributed by atoms with E-state index in [0.29, 0.717) is 4.90 Å². The van der Waals surface area contributed by atoms with Crippen LogP contribution >= 0.6 is 45.2 Å². The molecule has 2 aromatic rings. The van der Waals surface area contributed by atoms with Gasteiger partial charge >= 0.3 is 0 Å². The summed E-state index contributed by atoms with van der Waals surface area (Å²) in [7, 11) is -1.34. The summed E-state index contributed by atoms with van der Waals surface area (Å²) >= 11 is 2.41. The van der Waals surface area contributed by atoms with E-state index >= 15 is 0 Å². The third-order valence-electron chi connectivity index (χ3n) is 2.41. The molecule has 0 saturated carbocycles. The quantitative estimate of drug-likeness (QED) is 0.240. The predicted octanol–water partition coefficient (Wildman–Crippen LogP) is 4.43. The van der Waals surface area contributed by atoms with Crippen molar-refractivity contribution in [2.45, 2.75) is 11.8 Å². The molecule has 2 nitrogen and oxygen atoms in total. The maximum Gasteiger partial charge on any atom is 0.176 e. The Morgan fingerprint density at radius 2 is 1.18 bits per heavy atom. The monoisotopic (exact) mass is 557 g/mol. The first-order valence-corrected chi connectivity index (χ1v) is 8.93. The SMILES string of the molecule is Cc1ccc([S@@](N)=O)cc1.Fc1c(F)c(I)c(F)c(F)c1I. The summed E-state index contributed by atoms with van der Waals surface area (Å²) in [5, 5.41) is 5.14. The summed E-state index contributed by atoms with van der Waals surface area (Å²) in [6.07, 6.45) is 0. The van der Waals surface area contributed by atoms with Crippen molar-refractivity contribution in [1.82, 2.24) is 0 Å². The van der Waals surface area contributed by atoms with Crippen LogP contribution in [0.3, 0.4) is 0 Å². The molecule has 2 aromatic carbocycles. The second kappa shape index (κ2) is 8.55. The van der Waals surface area contributed by atoms with Crippen molar-refractivity contribution in [1.29, 1.82) is 0 Å². The third-order valence-corrected chi connectivity index (χ3v) is 5.04. The first-order chi connectivity index (χ1) is 10.2. The number of hydrogen-bond donors (Lipinski definition) is 1. The van der Waals surface area contributed by atoms with Gasteiger partial charge in [-0.25, -0.2) is 26.9 Å². The minimum absolute atomic E-state index is 0.664. The van der Waals surface area contributed by atoms with Crippen molar-refractivity contribution in [3.05, 3.63) is 60.2 Å². The molecule has 0 aliphatic heterocycles. The Kier molecular flexibility index (Phi) is 7.68. The van der Waals surface area contributed by atoms with Gasteiger partial charge in [-0.2, -0.15) is 0 Å². The van der Waals surface area contributed by atoms with Crippen LogP contribution < -0.4 is 5.14 Å². The van der Waals surface area contributed by atoms with E-state index in [2.05, 4.69) is 0 Å². The number of halogens is 6. The zero-order valence-electron chi connectivity index (χ0n) is 11.0. The molecule has 1 atom stereocenters. The topological polar surface area (TPSA) is 43.1 Å². The molecule has 9 heteroatoms. The first kappa shape index (κ1) is 19.8. The summed E-state index contributed by atoms with van der Waals surface area (Å²) in [4.78, 5) is 0.672. The van der Waals surface area contributed by atoms with Crippen LogP contribution in [0.25, 0.3) is 0 Å². The van der Waals surface area contributed by atoms with Gasteiger partial charge in [-0.15, -0.1) is 0 Å². The second-order valence-corrected chi connectivity index (χ2v) is 7.22. The fraction of sp³-hybridized carbons (Fsp3) is 0.0769. The number of rotatable bonds is 1. The molecule has 2 N–H and O–H groups in total. The molecule has 0 radical (unpaired) electrons. The van der Waals surface area contributed by atoms with Gasteiger partial charge in [-0.1, -0.05) is 17.7 Å². The fourth-order valence-corrected chi connectivity index (χ4v) is 2.60. The fourth-order valence-electron chi connectivity index (χ4n) is 1.25. The van der Waals surface area contributed by atoms with Crippen LogP contribution in [0.5, 0.6) is 0 Å². The molecule has 0 saturated heterocycles. The highest BCUT2D eigenvalue weighted by Gasteiger charge is 2.21. The summed E-state index contributed by atoms with van der Waals surface area (Å²) < 4.78 is 59.9. The van der Waals surface area contributed by atoms with Gasteiger partial charge in [0.05, 0.1) is 12.0 Å². The molecule has 0 unspecified atom stereocenters. The van der Waals surface area contributed by atoms with Crippen LogP contribution in [-0.2, 0) is 11.0 Å². The van der Waals surface area contributed by atoms with E-state index in [0.717, 1.165) is 5.56 Å². The third kappa shape index (κ3) is 4.86. The highest BCUT2D eigenvalue weighted by molar-refractivity contribution is 14.1. The average Bonchev–Trinajstić information content (AvgIpc) is 2.50. The van der Waals surface area contributed by atoms with E-state index in [1.165, 1.54) is 45.2 Å². The Bertz CT molecular complexity index is 605. The van der Waals surface area contributed by atoms with Crippen LogP contribution in [0.4, 0.5) is 17.6 Å².